The van der Waals surface area contributed by atoms with E-state index in [1.807, 2.05) is 18.2 Å². The van der Waals surface area contributed by atoms with Gasteiger partial charge in [0.05, 0.1) is 5.92 Å². The lowest BCUT2D eigenvalue weighted by Gasteiger charge is -2.10. The lowest BCUT2D eigenvalue weighted by Crippen LogP contribution is -2.17. The average Bonchev–Trinajstić information content (AvgIpc) is 2.38. The Balaban J connectivity index is 2.24. The van der Waals surface area contributed by atoms with Crippen molar-refractivity contribution in [3.63, 3.8) is 0 Å². The summed E-state index contributed by atoms with van der Waals surface area (Å²) >= 11 is 1.10. The molecule has 0 fully saturated rings. The summed E-state index contributed by atoms with van der Waals surface area (Å²) in [5.74, 6) is -0.825. The van der Waals surface area contributed by atoms with Crippen molar-refractivity contribution < 1.29 is 14.7 Å². The van der Waals surface area contributed by atoms with Crippen LogP contribution in [0.15, 0.2) is 30.3 Å². The van der Waals surface area contributed by atoms with Crippen molar-refractivity contribution in [2.24, 2.45) is 5.92 Å². The number of benzene rings is 1. The highest BCUT2D eigenvalue weighted by Gasteiger charge is 2.17. The predicted octanol–water partition coefficient (Wildman–Crippen LogP) is 3.38. The Hall–Kier alpha value is -1.29. The van der Waals surface area contributed by atoms with Crippen LogP contribution in [-0.2, 0) is 16.0 Å². The third-order valence-electron chi connectivity index (χ3n) is 2.95. The molecule has 19 heavy (non-hydrogen) atoms. The fourth-order valence-electron chi connectivity index (χ4n) is 1.86. The summed E-state index contributed by atoms with van der Waals surface area (Å²) in [5, 5.41) is 9.06. The minimum absolute atomic E-state index is 0.0180. The van der Waals surface area contributed by atoms with Gasteiger partial charge in [0.25, 0.3) is 0 Å². The van der Waals surface area contributed by atoms with E-state index in [1.165, 1.54) is 12.5 Å². The van der Waals surface area contributed by atoms with Crippen molar-refractivity contribution in [2.75, 3.05) is 5.75 Å². The largest absolute Gasteiger partial charge is 0.481 e. The Morgan fingerprint density at radius 2 is 1.89 bits per heavy atom. The van der Waals surface area contributed by atoms with Gasteiger partial charge < -0.3 is 5.11 Å². The second-order valence-electron chi connectivity index (χ2n) is 4.57. The highest BCUT2D eigenvalue weighted by atomic mass is 32.2. The number of aliphatic carboxylic acids is 1. The van der Waals surface area contributed by atoms with Crippen LogP contribution in [0.5, 0.6) is 0 Å². The monoisotopic (exact) mass is 280 g/mol. The van der Waals surface area contributed by atoms with Gasteiger partial charge in [0.1, 0.15) is 0 Å². The summed E-state index contributed by atoms with van der Waals surface area (Å²) in [6.45, 7) is 1.47. The topological polar surface area (TPSA) is 54.4 Å². The maximum atomic E-state index is 11.1. The van der Waals surface area contributed by atoms with Gasteiger partial charge in [-0.2, -0.15) is 0 Å². The fraction of sp³-hybridized carbons (Fsp3) is 0.467. The molecule has 0 aliphatic carbocycles. The Kier molecular flexibility index (Phi) is 7.26. The minimum atomic E-state index is -0.798. The summed E-state index contributed by atoms with van der Waals surface area (Å²) in [6, 6.07) is 10.2. The van der Waals surface area contributed by atoms with Gasteiger partial charge >= 0.3 is 5.97 Å². The maximum Gasteiger partial charge on any atom is 0.307 e. The molecule has 0 aliphatic heterocycles. The number of aryl methyl sites for hydroxylation is 1. The molecule has 1 rings (SSSR count). The molecule has 0 spiro atoms. The first-order valence-electron chi connectivity index (χ1n) is 6.49. The Labute approximate surface area is 118 Å². The van der Waals surface area contributed by atoms with E-state index in [0.29, 0.717) is 12.2 Å². The SMILES string of the molecule is CC(=O)SC[C@H](CCCCc1ccccc1)C(=O)O. The van der Waals surface area contributed by atoms with Crippen molar-refractivity contribution in [1.82, 2.24) is 0 Å². The number of hydrogen-bond acceptors (Lipinski definition) is 3. The van der Waals surface area contributed by atoms with Gasteiger partial charge in [0, 0.05) is 12.7 Å². The molecule has 1 aromatic rings. The normalized spacial score (nSPS) is 12.1. The number of carbonyl (C=O) groups is 2. The zero-order valence-electron chi connectivity index (χ0n) is 11.2. The van der Waals surface area contributed by atoms with Crippen LogP contribution in [-0.4, -0.2) is 21.9 Å². The lowest BCUT2D eigenvalue weighted by molar-refractivity contribution is -0.141. The van der Waals surface area contributed by atoms with Crippen LogP contribution in [0.4, 0.5) is 0 Å². The van der Waals surface area contributed by atoms with E-state index >= 15 is 0 Å². The summed E-state index contributed by atoms with van der Waals surface area (Å²) in [6.07, 6.45) is 3.48. The van der Waals surface area contributed by atoms with E-state index in [1.54, 1.807) is 0 Å². The second-order valence-corrected chi connectivity index (χ2v) is 5.77. The van der Waals surface area contributed by atoms with Crippen molar-refractivity contribution >= 4 is 22.8 Å². The molecule has 0 heterocycles. The summed E-state index contributed by atoms with van der Waals surface area (Å²) in [4.78, 5) is 21.9. The molecule has 0 bridgehead atoms. The molecule has 0 saturated heterocycles. The Bertz CT molecular complexity index is 403. The average molecular weight is 280 g/mol. The minimum Gasteiger partial charge on any atom is -0.481 e. The predicted molar refractivity (Wildman–Crippen MR) is 78.3 cm³/mol. The van der Waals surface area contributed by atoms with Gasteiger partial charge in [-0.3, -0.25) is 9.59 Å². The lowest BCUT2D eigenvalue weighted by atomic mass is 10.0. The van der Waals surface area contributed by atoms with Crippen LogP contribution in [0.25, 0.3) is 0 Å². The van der Waals surface area contributed by atoms with E-state index in [-0.39, 0.29) is 5.12 Å². The van der Waals surface area contributed by atoms with Crippen molar-refractivity contribution in [1.29, 1.82) is 0 Å². The molecule has 104 valence electrons. The van der Waals surface area contributed by atoms with Crippen LogP contribution in [0, 0.1) is 5.92 Å². The molecule has 4 heteroatoms. The van der Waals surface area contributed by atoms with Gasteiger partial charge in [-0.25, -0.2) is 0 Å². The van der Waals surface area contributed by atoms with Crippen LogP contribution in [0.3, 0.4) is 0 Å². The number of unbranched alkanes of at least 4 members (excludes halogenated alkanes) is 1. The molecule has 3 nitrogen and oxygen atoms in total. The molecule has 0 amide bonds. The number of carbonyl (C=O) groups excluding carboxylic acids is 1. The zero-order valence-corrected chi connectivity index (χ0v) is 12.0. The number of carboxylic acid groups (broad SMARTS) is 1. The van der Waals surface area contributed by atoms with Crippen LogP contribution < -0.4 is 0 Å². The van der Waals surface area contributed by atoms with Gasteiger partial charge in [-0.05, 0) is 24.8 Å². The van der Waals surface area contributed by atoms with E-state index in [2.05, 4.69) is 12.1 Å². The van der Waals surface area contributed by atoms with Gasteiger partial charge in [0.15, 0.2) is 5.12 Å². The standard InChI is InChI=1S/C15H20O3S/c1-12(16)19-11-14(15(17)18)10-6-5-9-13-7-3-2-4-8-13/h2-4,7-8,14H,5-6,9-11H2,1H3,(H,17,18)/t14-/m0/s1. The third kappa shape index (κ3) is 7.01. The summed E-state index contributed by atoms with van der Waals surface area (Å²) in [7, 11) is 0. The first kappa shape index (κ1) is 15.8. The van der Waals surface area contributed by atoms with E-state index in [0.717, 1.165) is 31.0 Å². The molecule has 0 aromatic heterocycles. The molecule has 0 unspecified atom stereocenters. The second kappa shape index (κ2) is 8.75. The van der Waals surface area contributed by atoms with Crippen molar-refractivity contribution in [2.45, 2.75) is 32.6 Å². The van der Waals surface area contributed by atoms with Crippen molar-refractivity contribution in [3.8, 4) is 0 Å². The molecule has 1 N–H and O–H groups in total. The van der Waals surface area contributed by atoms with Crippen LogP contribution in [0.1, 0.15) is 31.7 Å². The van der Waals surface area contributed by atoms with E-state index in [4.69, 9.17) is 5.11 Å². The van der Waals surface area contributed by atoms with Gasteiger partial charge in [-0.15, -0.1) is 0 Å². The summed E-state index contributed by atoms with van der Waals surface area (Å²) < 4.78 is 0. The van der Waals surface area contributed by atoms with Crippen LogP contribution in [0.2, 0.25) is 0 Å². The Morgan fingerprint density at radius 1 is 1.21 bits per heavy atom. The molecular formula is C15H20O3S. The van der Waals surface area contributed by atoms with Crippen LogP contribution >= 0.6 is 11.8 Å². The molecule has 0 saturated carbocycles. The highest BCUT2D eigenvalue weighted by molar-refractivity contribution is 8.13. The third-order valence-corrected chi connectivity index (χ3v) is 3.92. The van der Waals surface area contributed by atoms with Gasteiger partial charge in [-0.1, -0.05) is 48.5 Å². The molecular weight excluding hydrogens is 260 g/mol. The zero-order chi connectivity index (χ0) is 14.1. The van der Waals surface area contributed by atoms with Gasteiger partial charge in [0.2, 0.25) is 0 Å². The quantitative estimate of drug-likeness (QED) is 0.742. The molecule has 0 radical (unpaired) electrons. The van der Waals surface area contributed by atoms with E-state index in [9.17, 15) is 9.59 Å². The molecule has 1 atom stereocenters. The first-order chi connectivity index (χ1) is 9.09. The summed E-state index contributed by atoms with van der Waals surface area (Å²) in [5.41, 5.74) is 1.28. The number of carboxylic acids is 1. The first-order valence-corrected chi connectivity index (χ1v) is 7.48. The van der Waals surface area contributed by atoms with E-state index < -0.39 is 11.9 Å². The Morgan fingerprint density at radius 3 is 2.47 bits per heavy atom. The maximum absolute atomic E-state index is 11.1. The van der Waals surface area contributed by atoms with Crippen molar-refractivity contribution in [3.05, 3.63) is 35.9 Å². The number of rotatable bonds is 8. The number of thioether (sulfide) groups is 1. The highest BCUT2D eigenvalue weighted by Crippen LogP contribution is 2.17. The fourth-order valence-corrected chi connectivity index (χ4v) is 2.61. The molecule has 0 aliphatic rings. The smallest absolute Gasteiger partial charge is 0.307 e. The molecule has 1 aromatic carbocycles. The number of hydrogen-bond donors (Lipinski definition) is 1.